The zero-order valence-corrected chi connectivity index (χ0v) is 30.1. The Balaban J connectivity index is 2.36. The SMILES string of the molecule is CCCC(NC(=O)[C@@H]1[C@@H](C=C(C)C)CCN1C(=O)[C@@H](NC(=O)N[C@H](CN1CCCS1(=O)=O)C(C)(C)C)C(C)(C)C)C(=O)C(=O)NC. The highest BCUT2D eigenvalue weighted by Gasteiger charge is 2.46. The molecule has 2 saturated heterocycles. The Morgan fingerprint density at radius 2 is 1.57 bits per heavy atom. The lowest BCUT2D eigenvalue weighted by Crippen LogP contribution is -2.62. The second-order valence-corrected chi connectivity index (χ2v) is 16.9. The predicted octanol–water partition coefficient (Wildman–Crippen LogP) is 1.93. The number of urea groups is 1. The Morgan fingerprint density at radius 3 is 2.04 bits per heavy atom. The monoisotopic (exact) mass is 668 g/mol. The molecule has 5 atom stereocenters. The molecular weight excluding hydrogens is 612 g/mol. The van der Waals surface area contributed by atoms with Gasteiger partial charge in [0.2, 0.25) is 27.6 Å². The van der Waals surface area contributed by atoms with E-state index in [4.69, 9.17) is 0 Å². The van der Waals surface area contributed by atoms with E-state index in [9.17, 15) is 32.4 Å². The molecule has 0 radical (unpaired) electrons. The lowest BCUT2D eigenvalue weighted by Gasteiger charge is -2.38. The summed E-state index contributed by atoms with van der Waals surface area (Å²) < 4.78 is 26.4. The van der Waals surface area contributed by atoms with E-state index < -0.39 is 74.6 Å². The lowest BCUT2D eigenvalue weighted by atomic mass is 9.85. The van der Waals surface area contributed by atoms with Gasteiger partial charge in [-0.1, -0.05) is 66.5 Å². The number of sulfonamides is 1. The smallest absolute Gasteiger partial charge is 0.315 e. The molecule has 5 amide bonds. The van der Waals surface area contributed by atoms with Gasteiger partial charge in [-0.15, -0.1) is 0 Å². The van der Waals surface area contributed by atoms with E-state index in [1.54, 1.807) is 0 Å². The second kappa shape index (κ2) is 15.7. The van der Waals surface area contributed by atoms with Crippen LogP contribution in [0.3, 0.4) is 0 Å². The molecule has 4 N–H and O–H groups in total. The molecule has 2 heterocycles. The number of carbonyl (C=O) groups is 5. The summed E-state index contributed by atoms with van der Waals surface area (Å²) in [5.41, 5.74) is -0.297. The van der Waals surface area contributed by atoms with E-state index in [1.807, 2.05) is 68.4 Å². The first-order valence-corrected chi connectivity index (χ1v) is 17.8. The van der Waals surface area contributed by atoms with Gasteiger partial charge >= 0.3 is 6.03 Å². The Labute approximate surface area is 275 Å². The number of likely N-dealkylation sites (N-methyl/N-ethyl adjacent to an activating group) is 1. The molecule has 262 valence electrons. The van der Waals surface area contributed by atoms with Crippen molar-refractivity contribution in [1.82, 2.24) is 30.5 Å². The van der Waals surface area contributed by atoms with Crippen LogP contribution >= 0.6 is 0 Å². The maximum atomic E-state index is 14.3. The molecule has 2 aliphatic heterocycles. The molecule has 14 heteroatoms. The van der Waals surface area contributed by atoms with E-state index in [2.05, 4.69) is 21.3 Å². The number of amides is 5. The third-order valence-corrected chi connectivity index (χ3v) is 10.5. The van der Waals surface area contributed by atoms with Crippen molar-refractivity contribution in [2.45, 2.75) is 112 Å². The van der Waals surface area contributed by atoms with Gasteiger partial charge in [-0.25, -0.2) is 13.2 Å². The highest BCUT2D eigenvalue weighted by Crippen LogP contribution is 2.31. The van der Waals surface area contributed by atoms with Crippen molar-refractivity contribution in [3.8, 4) is 0 Å². The Hall–Kier alpha value is -3.00. The Kier molecular flexibility index (Phi) is 13.4. The van der Waals surface area contributed by atoms with Crippen LogP contribution < -0.4 is 21.3 Å². The molecule has 2 aliphatic rings. The average molecular weight is 669 g/mol. The van der Waals surface area contributed by atoms with Crippen LogP contribution in [0.15, 0.2) is 11.6 Å². The predicted molar refractivity (Wildman–Crippen MR) is 177 cm³/mol. The van der Waals surface area contributed by atoms with E-state index in [0.717, 1.165) is 5.57 Å². The number of likely N-dealkylation sites (tertiary alicyclic amines) is 1. The van der Waals surface area contributed by atoms with Gasteiger partial charge in [0.05, 0.1) is 11.8 Å². The van der Waals surface area contributed by atoms with E-state index in [0.29, 0.717) is 25.8 Å². The van der Waals surface area contributed by atoms with Crippen LogP contribution in [-0.2, 0) is 29.2 Å². The maximum Gasteiger partial charge on any atom is 0.315 e. The van der Waals surface area contributed by atoms with Gasteiger partial charge in [-0.05, 0) is 43.9 Å². The van der Waals surface area contributed by atoms with Crippen LogP contribution in [0.2, 0.25) is 0 Å². The quantitative estimate of drug-likeness (QED) is 0.182. The summed E-state index contributed by atoms with van der Waals surface area (Å²) in [7, 11) is -2.04. The summed E-state index contributed by atoms with van der Waals surface area (Å²) in [5, 5.41) is 10.8. The first kappa shape index (κ1) is 39.2. The van der Waals surface area contributed by atoms with Crippen molar-refractivity contribution in [2.75, 3.05) is 32.4 Å². The molecule has 0 spiro atoms. The first-order valence-electron chi connectivity index (χ1n) is 16.2. The zero-order chi connectivity index (χ0) is 35.2. The van der Waals surface area contributed by atoms with Crippen LogP contribution in [-0.4, -0.2) is 104 Å². The third kappa shape index (κ3) is 10.2. The van der Waals surface area contributed by atoms with Crippen molar-refractivity contribution in [1.29, 1.82) is 0 Å². The number of nitrogens with zero attached hydrogens (tertiary/aromatic N) is 2. The molecule has 1 unspecified atom stereocenters. The fourth-order valence-electron chi connectivity index (χ4n) is 5.88. The zero-order valence-electron chi connectivity index (χ0n) is 29.3. The van der Waals surface area contributed by atoms with Crippen molar-refractivity contribution < 1.29 is 32.4 Å². The molecule has 0 saturated carbocycles. The number of carbonyl (C=O) groups excluding carboxylic acids is 5. The lowest BCUT2D eigenvalue weighted by molar-refractivity contribution is -0.144. The highest BCUT2D eigenvalue weighted by atomic mass is 32.2. The number of hydrogen-bond acceptors (Lipinski definition) is 7. The maximum absolute atomic E-state index is 14.3. The van der Waals surface area contributed by atoms with Crippen LogP contribution in [0, 0.1) is 16.7 Å². The van der Waals surface area contributed by atoms with E-state index >= 15 is 0 Å². The molecule has 2 rings (SSSR count). The molecule has 0 bridgehead atoms. The summed E-state index contributed by atoms with van der Waals surface area (Å²) in [6.45, 7) is 17.5. The Bertz CT molecular complexity index is 1280. The number of nitrogens with one attached hydrogen (secondary N) is 4. The normalized spacial score (nSPS) is 21.9. The topological polar surface area (TPSA) is 174 Å². The molecule has 0 aliphatic carbocycles. The van der Waals surface area contributed by atoms with Gasteiger partial charge in [0.25, 0.3) is 5.91 Å². The van der Waals surface area contributed by atoms with Gasteiger partial charge in [0, 0.05) is 38.6 Å². The number of Topliss-reactive ketones (excluding diaryl/α,β-unsaturated/α-hetero) is 1. The van der Waals surface area contributed by atoms with Crippen molar-refractivity contribution in [2.24, 2.45) is 16.7 Å². The molecule has 0 aromatic carbocycles. The second-order valence-electron chi connectivity index (χ2n) is 14.8. The van der Waals surface area contributed by atoms with Crippen molar-refractivity contribution >= 4 is 39.6 Å². The van der Waals surface area contributed by atoms with Gasteiger partial charge < -0.3 is 26.2 Å². The summed E-state index contributed by atoms with van der Waals surface area (Å²) in [5.74, 6) is -2.82. The highest BCUT2D eigenvalue weighted by molar-refractivity contribution is 7.89. The first-order chi connectivity index (χ1) is 21.1. The Morgan fingerprint density at radius 1 is 0.935 bits per heavy atom. The standard InChI is InChI=1S/C32H56N6O7S/c1-11-13-22(25(39)28(41)33-10)34-27(40)24-21(18-20(2)3)14-16-38(24)29(42)26(32(7,8)9)36-30(43)35-23(31(4,5)6)19-37-15-12-17-46(37,44)45/h18,21-24,26H,11-17,19H2,1-10H3,(H,33,41)(H,34,40)(H2,35,36,43)/t21-,22?,23-,24+,26-/m1/s1. The number of allylic oxidation sites excluding steroid dienone is 1. The van der Waals surface area contributed by atoms with Crippen molar-refractivity contribution in [3.05, 3.63) is 11.6 Å². The molecule has 0 aromatic rings. The van der Waals surface area contributed by atoms with Gasteiger partial charge in [-0.2, -0.15) is 4.31 Å². The fourth-order valence-corrected chi connectivity index (χ4v) is 7.42. The minimum atomic E-state index is -3.39. The number of ketones is 1. The largest absolute Gasteiger partial charge is 0.353 e. The van der Waals surface area contributed by atoms with Crippen LogP contribution in [0.25, 0.3) is 0 Å². The summed E-state index contributed by atoms with van der Waals surface area (Å²) in [4.78, 5) is 67.9. The minimum absolute atomic E-state index is 0.0775. The third-order valence-electron chi connectivity index (χ3n) is 8.53. The molecule has 2 fully saturated rings. The van der Waals surface area contributed by atoms with Crippen LogP contribution in [0.5, 0.6) is 0 Å². The minimum Gasteiger partial charge on any atom is -0.353 e. The van der Waals surface area contributed by atoms with Gasteiger partial charge in [-0.3, -0.25) is 19.2 Å². The number of rotatable bonds is 12. The molecular formula is C32H56N6O7S. The number of hydrogen-bond donors (Lipinski definition) is 4. The van der Waals surface area contributed by atoms with Gasteiger partial charge in [0.1, 0.15) is 12.1 Å². The van der Waals surface area contributed by atoms with E-state index in [1.165, 1.54) is 16.3 Å². The van der Waals surface area contributed by atoms with Crippen LogP contribution in [0.1, 0.15) is 88.0 Å². The van der Waals surface area contributed by atoms with E-state index in [-0.39, 0.29) is 31.2 Å². The summed E-state index contributed by atoms with van der Waals surface area (Å²) >= 11 is 0. The molecule has 13 nitrogen and oxygen atoms in total. The average Bonchev–Trinajstić information content (AvgIpc) is 3.50. The fraction of sp³-hybridized carbons (Fsp3) is 0.781. The summed E-state index contributed by atoms with van der Waals surface area (Å²) in [6.07, 6.45) is 3.76. The van der Waals surface area contributed by atoms with Gasteiger partial charge in [0.15, 0.2) is 0 Å². The van der Waals surface area contributed by atoms with Crippen molar-refractivity contribution in [3.63, 3.8) is 0 Å². The van der Waals surface area contributed by atoms with Crippen LogP contribution in [0.4, 0.5) is 4.79 Å². The molecule has 0 aromatic heterocycles. The molecule has 46 heavy (non-hydrogen) atoms. The summed E-state index contributed by atoms with van der Waals surface area (Å²) in [6, 6.07) is -4.21.